The first-order chi connectivity index (χ1) is 9.35. The van der Waals surface area contributed by atoms with Crippen LogP contribution in [0.5, 0.6) is 0 Å². The number of hydrogen-bond donors (Lipinski definition) is 1. The standard InChI is InChI=1S/C17H27ClN2/c1-17(2)8-7-16(19)14(10-17)12-20(3)11-13-5-4-6-15(18)9-13/h4-6,9,14,16H,7-8,10-12,19H2,1-3H3. The van der Waals surface area contributed by atoms with Crippen molar-refractivity contribution < 1.29 is 0 Å². The molecule has 0 amide bonds. The largest absolute Gasteiger partial charge is 0.327 e. The Balaban J connectivity index is 1.91. The van der Waals surface area contributed by atoms with Gasteiger partial charge in [0.15, 0.2) is 0 Å². The van der Waals surface area contributed by atoms with Crippen molar-refractivity contribution in [3.8, 4) is 0 Å². The molecular formula is C17H27ClN2. The molecule has 2 N–H and O–H groups in total. The van der Waals surface area contributed by atoms with E-state index < -0.39 is 0 Å². The predicted octanol–water partition coefficient (Wildman–Crippen LogP) is 3.93. The highest BCUT2D eigenvalue weighted by atomic mass is 35.5. The smallest absolute Gasteiger partial charge is 0.0409 e. The van der Waals surface area contributed by atoms with Crippen LogP contribution in [0.25, 0.3) is 0 Å². The number of benzene rings is 1. The van der Waals surface area contributed by atoms with Gasteiger partial charge in [-0.1, -0.05) is 37.6 Å². The average Bonchev–Trinajstić information content (AvgIpc) is 2.33. The molecule has 1 saturated carbocycles. The maximum Gasteiger partial charge on any atom is 0.0409 e. The Bertz CT molecular complexity index is 444. The zero-order valence-corrected chi connectivity index (χ0v) is 13.7. The molecule has 1 aliphatic rings. The zero-order chi connectivity index (χ0) is 14.8. The fraction of sp³-hybridized carbons (Fsp3) is 0.647. The lowest BCUT2D eigenvalue weighted by atomic mass is 9.70. The summed E-state index contributed by atoms with van der Waals surface area (Å²) in [5.41, 5.74) is 8.03. The van der Waals surface area contributed by atoms with Crippen molar-refractivity contribution in [3.63, 3.8) is 0 Å². The van der Waals surface area contributed by atoms with Crippen LogP contribution in [0.4, 0.5) is 0 Å². The summed E-state index contributed by atoms with van der Waals surface area (Å²) in [5, 5.41) is 0.811. The van der Waals surface area contributed by atoms with E-state index in [1.165, 1.54) is 18.4 Å². The Morgan fingerprint density at radius 1 is 1.40 bits per heavy atom. The molecule has 0 spiro atoms. The molecule has 0 aromatic heterocycles. The number of rotatable bonds is 4. The fourth-order valence-corrected chi connectivity index (χ4v) is 3.58. The second kappa shape index (κ2) is 6.46. The van der Waals surface area contributed by atoms with Gasteiger partial charge in [-0.2, -0.15) is 0 Å². The minimum atomic E-state index is 0.352. The summed E-state index contributed by atoms with van der Waals surface area (Å²) in [4.78, 5) is 2.37. The summed E-state index contributed by atoms with van der Waals surface area (Å²) >= 11 is 6.04. The molecule has 1 aromatic carbocycles. The lowest BCUT2D eigenvalue weighted by Crippen LogP contribution is -2.44. The SMILES string of the molecule is CN(Cc1cccc(Cl)c1)CC1CC(C)(C)CCC1N. The highest BCUT2D eigenvalue weighted by Gasteiger charge is 2.33. The van der Waals surface area contributed by atoms with E-state index in [1.54, 1.807) is 0 Å². The van der Waals surface area contributed by atoms with Crippen molar-refractivity contribution in [1.29, 1.82) is 0 Å². The third-order valence-corrected chi connectivity index (χ3v) is 4.70. The van der Waals surface area contributed by atoms with Crippen LogP contribution in [-0.4, -0.2) is 24.5 Å². The van der Waals surface area contributed by atoms with E-state index in [4.69, 9.17) is 17.3 Å². The van der Waals surface area contributed by atoms with E-state index in [0.29, 0.717) is 17.4 Å². The van der Waals surface area contributed by atoms with Gasteiger partial charge in [0.1, 0.15) is 0 Å². The maximum atomic E-state index is 6.32. The molecular weight excluding hydrogens is 268 g/mol. The van der Waals surface area contributed by atoms with Crippen LogP contribution < -0.4 is 5.73 Å². The molecule has 1 fully saturated rings. The first-order valence-corrected chi connectivity index (χ1v) is 7.92. The van der Waals surface area contributed by atoms with Gasteiger partial charge in [0, 0.05) is 24.2 Å². The molecule has 2 unspecified atom stereocenters. The van der Waals surface area contributed by atoms with Crippen molar-refractivity contribution in [2.45, 2.75) is 45.7 Å². The Morgan fingerprint density at radius 3 is 2.85 bits per heavy atom. The molecule has 2 atom stereocenters. The summed E-state index contributed by atoms with van der Waals surface area (Å²) in [6, 6.07) is 8.46. The number of nitrogens with two attached hydrogens (primary N) is 1. The number of hydrogen-bond acceptors (Lipinski definition) is 2. The maximum absolute atomic E-state index is 6.32. The molecule has 3 heteroatoms. The predicted molar refractivity (Wildman–Crippen MR) is 86.9 cm³/mol. The zero-order valence-electron chi connectivity index (χ0n) is 12.9. The molecule has 20 heavy (non-hydrogen) atoms. The molecule has 1 aromatic rings. The minimum Gasteiger partial charge on any atom is -0.327 e. The van der Waals surface area contributed by atoms with Gasteiger partial charge in [-0.3, -0.25) is 0 Å². The van der Waals surface area contributed by atoms with Crippen LogP contribution in [0.1, 0.15) is 38.7 Å². The van der Waals surface area contributed by atoms with Crippen molar-refractivity contribution >= 4 is 11.6 Å². The normalized spacial score (nSPS) is 25.9. The van der Waals surface area contributed by atoms with E-state index in [0.717, 1.165) is 24.5 Å². The number of nitrogens with zero attached hydrogens (tertiary/aromatic N) is 1. The third-order valence-electron chi connectivity index (χ3n) is 4.46. The third kappa shape index (κ3) is 4.47. The summed E-state index contributed by atoms with van der Waals surface area (Å²) in [6.45, 7) is 6.73. The number of halogens is 1. The van der Waals surface area contributed by atoms with Gasteiger partial charge in [-0.05, 0) is 55.3 Å². The van der Waals surface area contributed by atoms with Crippen molar-refractivity contribution in [2.24, 2.45) is 17.1 Å². The summed E-state index contributed by atoms with van der Waals surface area (Å²) in [6.07, 6.45) is 3.64. The van der Waals surface area contributed by atoms with Gasteiger partial charge in [0.05, 0.1) is 0 Å². The minimum absolute atomic E-state index is 0.352. The molecule has 2 nitrogen and oxygen atoms in total. The quantitative estimate of drug-likeness (QED) is 0.912. The Hall–Kier alpha value is -0.570. The van der Waals surface area contributed by atoms with Gasteiger partial charge in [-0.15, -0.1) is 0 Å². The van der Waals surface area contributed by atoms with Crippen molar-refractivity contribution in [3.05, 3.63) is 34.9 Å². The van der Waals surface area contributed by atoms with Gasteiger partial charge in [0.25, 0.3) is 0 Å². The van der Waals surface area contributed by atoms with Crippen LogP contribution >= 0.6 is 11.6 Å². The van der Waals surface area contributed by atoms with Gasteiger partial charge in [-0.25, -0.2) is 0 Å². The van der Waals surface area contributed by atoms with E-state index in [9.17, 15) is 0 Å². The summed E-state index contributed by atoms with van der Waals surface area (Å²) in [5.74, 6) is 0.600. The lowest BCUT2D eigenvalue weighted by Gasteiger charge is -2.40. The van der Waals surface area contributed by atoms with Gasteiger partial charge in [0.2, 0.25) is 0 Å². The average molecular weight is 295 g/mol. The van der Waals surface area contributed by atoms with E-state index in [1.807, 2.05) is 18.2 Å². The van der Waals surface area contributed by atoms with Crippen LogP contribution in [0.3, 0.4) is 0 Å². The van der Waals surface area contributed by atoms with E-state index in [-0.39, 0.29) is 0 Å². The highest BCUT2D eigenvalue weighted by molar-refractivity contribution is 6.30. The van der Waals surface area contributed by atoms with Crippen LogP contribution in [0.2, 0.25) is 5.02 Å². The second-order valence-electron chi connectivity index (χ2n) is 7.16. The summed E-state index contributed by atoms with van der Waals surface area (Å²) in [7, 11) is 2.18. The van der Waals surface area contributed by atoms with E-state index in [2.05, 4.69) is 31.9 Å². The van der Waals surface area contributed by atoms with Crippen LogP contribution in [0.15, 0.2) is 24.3 Å². The fourth-order valence-electron chi connectivity index (χ4n) is 3.37. The first-order valence-electron chi connectivity index (χ1n) is 7.54. The highest BCUT2D eigenvalue weighted by Crippen LogP contribution is 2.38. The molecule has 0 radical (unpaired) electrons. The summed E-state index contributed by atoms with van der Waals surface area (Å²) < 4.78 is 0. The molecule has 0 heterocycles. The Kier molecular flexibility index (Phi) is 5.11. The molecule has 112 valence electrons. The Labute approximate surface area is 128 Å². The topological polar surface area (TPSA) is 29.3 Å². The van der Waals surface area contributed by atoms with Gasteiger partial charge < -0.3 is 10.6 Å². The first kappa shape index (κ1) is 15.8. The lowest BCUT2D eigenvalue weighted by molar-refractivity contribution is 0.122. The second-order valence-corrected chi connectivity index (χ2v) is 7.59. The van der Waals surface area contributed by atoms with Crippen molar-refractivity contribution in [1.82, 2.24) is 4.90 Å². The molecule has 0 saturated heterocycles. The monoisotopic (exact) mass is 294 g/mol. The van der Waals surface area contributed by atoms with Crippen LogP contribution in [0, 0.1) is 11.3 Å². The Morgan fingerprint density at radius 2 is 2.15 bits per heavy atom. The molecule has 2 rings (SSSR count). The molecule has 1 aliphatic carbocycles. The van der Waals surface area contributed by atoms with Crippen molar-refractivity contribution in [2.75, 3.05) is 13.6 Å². The van der Waals surface area contributed by atoms with E-state index >= 15 is 0 Å². The molecule has 0 aliphatic heterocycles. The van der Waals surface area contributed by atoms with Gasteiger partial charge >= 0.3 is 0 Å². The molecule has 0 bridgehead atoms. The van der Waals surface area contributed by atoms with Crippen LogP contribution in [-0.2, 0) is 6.54 Å².